The van der Waals surface area contributed by atoms with Crippen molar-refractivity contribution >= 4 is 66.8 Å². The van der Waals surface area contributed by atoms with Crippen LogP contribution < -0.4 is 10.1 Å². The average molecular weight is 592 g/mol. The number of nitro groups is 1. The second-order valence-electron chi connectivity index (χ2n) is 6.66. The van der Waals surface area contributed by atoms with Gasteiger partial charge in [0.2, 0.25) is 0 Å². The Bertz CT molecular complexity index is 1310. The van der Waals surface area contributed by atoms with E-state index in [1.807, 2.05) is 18.2 Å². The Hall–Kier alpha value is -3.19. The van der Waals surface area contributed by atoms with E-state index in [0.29, 0.717) is 25.3 Å². The minimum Gasteiger partial charge on any atom is -0.487 e. The van der Waals surface area contributed by atoms with Crippen LogP contribution in [0.15, 0.2) is 75.2 Å². The topological polar surface area (TPSA) is 105 Å². The number of non-ortho nitro benzene ring substituents is 1. The molecule has 0 aromatic heterocycles. The first-order chi connectivity index (χ1) is 15.8. The first-order valence-corrected chi connectivity index (χ1v) is 11.3. The van der Waals surface area contributed by atoms with Crippen molar-refractivity contribution in [2.24, 2.45) is 0 Å². The Balaban J connectivity index is 1.89. The molecule has 0 saturated heterocycles. The Morgan fingerprint density at radius 2 is 1.94 bits per heavy atom. The third kappa shape index (κ3) is 6.65. The molecule has 7 nitrogen and oxygen atoms in total. The summed E-state index contributed by atoms with van der Waals surface area (Å²) in [5.41, 5.74) is 1.13. The highest BCUT2D eigenvalue weighted by Gasteiger charge is 2.15. The maximum absolute atomic E-state index is 12.7. The maximum atomic E-state index is 12.7. The number of carbonyl (C=O) groups excluding carboxylic acids is 1. The number of hydrogen-bond acceptors (Lipinski definition) is 5. The molecule has 0 unspecified atom stereocenters. The minimum absolute atomic E-state index is 0.178. The number of nitro benzene ring substituents is 1. The van der Waals surface area contributed by atoms with Gasteiger partial charge in [0.15, 0.2) is 0 Å². The lowest BCUT2D eigenvalue weighted by atomic mass is 10.1. The van der Waals surface area contributed by atoms with E-state index < -0.39 is 10.8 Å². The van der Waals surface area contributed by atoms with Gasteiger partial charge < -0.3 is 10.1 Å². The number of nitrogens with zero attached hydrogens (tertiary/aromatic N) is 2. The molecule has 0 aliphatic carbocycles. The van der Waals surface area contributed by atoms with Gasteiger partial charge in [-0.3, -0.25) is 14.9 Å². The van der Waals surface area contributed by atoms with Crippen LogP contribution in [-0.4, -0.2) is 10.8 Å². The zero-order chi connectivity index (χ0) is 24.0. The summed E-state index contributed by atoms with van der Waals surface area (Å²) in [6, 6.07) is 18.0. The predicted molar refractivity (Wildman–Crippen MR) is 133 cm³/mol. The molecule has 0 spiro atoms. The van der Waals surface area contributed by atoms with Crippen LogP contribution >= 0.6 is 43.5 Å². The van der Waals surface area contributed by atoms with E-state index in [0.717, 1.165) is 5.56 Å². The van der Waals surface area contributed by atoms with Gasteiger partial charge in [-0.1, -0.05) is 45.7 Å². The van der Waals surface area contributed by atoms with Gasteiger partial charge in [-0.2, -0.15) is 5.26 Å². The number of hydrogen-bond donors (Lipinski definition) is 1. The van der Waals surface area contributed by atoms with Gasteiger partial charge in [-0.05, 0) is 57.9 Å². The quantitative estimate of drug-likeness (QED) is 0.139. The molecule has 0 bridgehead atoms. The zero-order valence-electron chi connectivity index (χ0n) is 16.7. The maximum Gasteiger partial charge on any atom is 0.271 e. The van der Waals surface area contributed by atoms with Crippen LogP contribution in [0.5, 0.6) is 5.75 Å². The third-order valence-corrected chi connectivity index (χ3v) is 5.57. The number of benzene rings is 3. The van der Waals surface area contributed by atoms with E-state index in [9.17, 15) is 20.2 Å². The van der Waals surface area contributed by atoms with E-state index in [1.54, 1.807) is 24.3 Å². The Morgan fingerprint density at radius 3 is 2.64 bits per heavy atom. The summed E-state index contributed by atoms with van der Waals surface area (Å²) in [6.07, 6.45) is 1.38. The molecular weight excluding hydrogens is 578 g/mol. The number of nitriles is 1. The fraction of sp³-hybridized carbons (Fsp3) is 0.0435. The number of nitrogens with one attached hydrogen (secondary N) is 1. The van der Waals surface area contributed by atoms with Gasteiger partial charge in [0.25, 0.3) is 11.6 Å². The molecular formula is C23H14Br2ClN3O4. The molecule has 0 radical (unpaired) electrons. The molecule has 1 N–H and O–H groups in total. The highest BCUT2D eigenvalue weighted by Crippen LogP contribution is 2.35. The average Bonchev–Trinajstić information content (AvgIpc) is 2.76. The summed E-state index contributed by atoms with van der Waals surface area (Å²) in [5.74, 6) is -0.288. The third-order valence-electron chi connectivity index (χ3n) is 4.29. The van der Waals surface area contributed by atoms with Crippen LogP contribution in [0.3, 0.4) is 0 Å². The van der Waals surface area contributed by atoms with Crippen molar-refractivity contribution in [2.45, 2.75) is 6.61 Å². The number of rotatable bonds is 7. The number of carbonyl (C=O) groups is 1. The van der Waals surface area contributed by atoms with Gasteiger partial charge in [-0.25, -0.2) is 0 Å². The lowest BCUT2D eigenvalue weighted by Gasteiger charge is -2.13. The Labute approximate surface area is 211 Å². The molecule has 3 aromatic carbocycles. The van der Waals surface area contributed by atoms with Crippen LogP contribution in [0.4, 0.5) is 11.4 Å². The fourth-order valence-corrected chi connectivity index (χ4v) is 4.41. The van der Waals surface area contributed by atoms with Crippen molar-refractivity contribution in [3.05, 3.63) is 101 Å². The molecule has 3 rings (SSSR count). The van der Waals surface area contributed by atoms with Gasteiger partial charge >= 0.3 is 0 Å². The van der Waals surface area contributed by atoms with E-state index in [-0.39, 0.29) is 23.6 Å². The minimum atomic E-state index is -0.713. The molecule has 33 heavy (non-hydrogen) atoms. The molecule has 0 atom stereocenters. The van der Waals surface area contributed by atoms with Gasteiger partial charge in [0.05, 0.1) is 9.40 Å². The van der Waals surface area contributed by atoms with E-state index >= 15 is 0 Å². The summed E-state index contributed by atoms with van der Waals surface area (Å²) >= 11 is 12.9. The standard InChI is InChI=1S/C23H14Br2ClN3O4/c24-17-9-15(22(21(25)10-17)33-13-14-3-1-4-18(26)7-14)8-16(12-27)23(30)28-19-5-2-6-20(11-19)29(31)32/h1-11H,13H2,(H,28,30)/b16-8+. The molecule has 10 heteroatoms. The molecule has 0 heterocycles. The molecule has 166 valence electrons. The summed E-state index contributed by atoms with van der Waals surface area (Å²) < 4.78 is 7.28. The summed E-state index contributed by atoms with van der Waals surface area (Å²) in [4.78, 5) is 23.1. The van der Waals surface area contributed by atoms with Crippen molar-refractivity contribution in [3.63, 3.8) is 0 Å². The summed E-state index contributed by atoms with van der Waals surface area (Å²) in [5, 5.41) is 23.6. The smallest absolute Gasteiger partial charge is 0.271 e. The second-order valence-corrected chi connectivity index (χ2v) is 8.86. The fourth-order valence-electron chi connectivity index (χ4n) is 2.82. The van der Waals surface area contributed by atoms with Crippen molar-refractivity contribution in [1.29, 1.82) is 5.26 Å². The van der Waals surface area contributed by atoms with Crippen LogP contribution in [0, 0.1) is 21.4 Å². The van der Waals surface area contributed by atoms with Gasteiger partial charge in [-0.15, -0.1) is 0 Å². The summed E-state index contributed by atoms with van der Waals surface area (Å²) in [6.45, 7) is 0.212. The lowest BCUT2D eigenvalue weighted by Crippen LogP contribution is -2.13. The second kappa shape index (κ2) is 11.1. The van der Waals surface area contributed by atoms with Crippen LogP contribution in [-0.2, 0) is 11.4 Å². The molecule has 0 aliphatic heterocycles. The van der Waals surface area contributed by atoms with E-state index in [4.69, 9.17) is 16.3 Å². The zero-order valence-corrected chi connectivity index (χ0v) is 20.6. The predicted octanol–water partition coefficient (Wildman–Crippen LogP) is 6.90. The van der Waals surface area contributed by atoms with E-state index in [2.05, 4.69) is 37.2 Å². The first-order valence-electron chi connectivity index (χ1n) is 9.30. The normalized spacial score (nSPS) is 10.9. The monoisotopic (exact) mass is 589 g/mol. The SMILES string of the molecule is N#C/C(=C\c1cc(Br)cc(Br)c1OCc1cccc(Cl)c1)C(=O)Nc1cccc([N+](=O)[O-])c1. The lowest BCUT2D eigenvalue weighted by molar-refractivity contribution is -0.384. The molecule has 1 amide bonds. The molecule has 0 saturated carbocycles. The highest BCUT2D eigenvalue weighted by atomic mass is 79.9. The Morgan fingerprint density at radius 1 is 1.18 bits per heavy atom. The van der Waals surface area contributed by atoms with Crippen molar-refractivity contribution in [3.8, 4) is 11.8 Å². The van der Waals surface area contributed by atoms with Crippen LogP contribution in [0.25, 0.3) is 6.08 Å². The molecule has 3 aromatic rings. The number of anilines is 1. The first kappa shape index (κ1) is 24.5. The van der Waals surface area contributed by atoms with Gasteiger partial charge in [0.1, 0.15) is 24.0 Å². The van der Waals surface area contributed by atoms with Crippen molar-refractivity contribution < 1.29 is 14.5 Å². The molecule has 0 fully saturated rings. The van der Waals surface area contributed by atoms with E-state index in [1.165, 1.54) is 30.3 Å². The largest absolute Gasteiger partial charge is 0.487 e. The Kier molecular flexibility index (Phi) is 8.22. The van der Waals surface area contributed by atoms with Crippen LogP contribution in [0.2, 0.25) is 5.02 Å². The highest BCUT2D eigenvalue weighted by molar-refractivity contribution is 9.11. The van der Waals surface area contributed by atoms with Crippen molar-refractivity contribution in [1.82, 2.24) is 0 Å². The summed E-state index contributed by atoms with van der Waals surface area (Å²) in [7, 11) is 0. The number of ether oxygens (including phenoxy) is 1. The van der Waals surface area contributed by atoms with Crippen LogP contribution in [0.1, 0.15) is 11.1 Å². The van der Waals surface area contributed by atoms with Crippen molar-refractivity contribution in [2.75, 3.05) is 5.32 Å². The number of halogens is 3. The molecule has 0 aliphatic rings. The van der Waals surface area contributed by atoms with Gasteiger partial charge in [0, 0.05) is 32.9 Å². The number of amides is 1.